The molecule has 1 atom stereocenters. The van der Waals surface area contributed by atoms with Crippen LogP contribution in [0.4, 0.5) is 4.79 Å². The predicted molar refractivity (Wildman–Crippen MR) is 46.2 cm³/mol. The Balaban J connectivity index is 2.56. The Morgan fingerprint density at radius 3 is 2.69 bits per heavy atom. The van der Waals surface area contributed by atoms with Gasteiger partial charge in [-0.1, -0.05) is 0 Å². The first kappa shape index (κ1) is 9.83. The third-order valence-corrected chi connectivity index (χ3v) is 2.31. The van der Waals surface area contributed by atoms with E-state index in [0.717, 1.165) is 19.3 Å². The summed E-state index contributed by atoms with van der Waals surface area (Å²) in [6.07, 6.45) is 1.79. The van der Waals surface area contributed by atoms with Crippen LogP contribution in [0.3, 0.4) is 0 Å². The second-order valence-electron chi connectivity index (χ2n) is 3.30. The minimum Gasteiger partial charge on any atom is -0.465 e. The van der Waals surface area contributed by atoms with Gasteiger partial charge < -0.3 is 15.7 Å². The largest absolute Gasteiger partial charge is 0.465 e. The van der Waals surface area contributed by atoms with E-state index in [4.69, 9.17) is 10.8 Å². The molecule has 0 aromatic rings. The third kappa shape index (κ3) is 2.61. The van der Waals surface area contributed by atoms with Crippen molar-refractivity contribution < 1.29 is 14.7 Å². The SMILES string of the molecule is NC(=O)C[C@@H]1CCCCN1C(=O)O. The van der Waals surface area contributed by atoms with Crippen LogP contribution in [0.15, 0.2) is 0 Å². The van der Waals surface area contributed by atoms with Gasteiger partial charge in [-0.2, -0.15) is 0 Å². The fourth-order valence-corrected chi connectivity index (χ4v) is 1.70. The van der Waals surface area contributed by atoms with Gasteiger partial charge in [0.05, 0.1) is 0 Å². The molecule has 1 heterocycles. The number of carboxylic acid groups (broad SMARTS) is 1. The minimum atomic E-state index is -0.953. The van der Waals surface area contributed by atoms with Crippen LogP contribution in [0.25, 0.3) is 0 Å². The van der Waals surface area contributed by atoms with Crippen molar-refractivity contribution in [1.82, 2.24) is 4.90 Å². The number of carbonyl (C=O) groups is 2. The van der Waals surface area contributed by atoms with Crippen molar-refractivity contribution in [1.29, 1.82) is 0 Å². The molecule has 1 fully saturated rings. The van der Waals surface area contributed by atoms with Gasteiger partial charge in [-0.3, -0.25) is 4.79 Å². The highest BCUT2D eigenvalue weighted by atomic mass is 16.4. The molecule has 1 aliphatic heterocycles. The summed E-state index contributed by atoms with van der Waals surface area (Å²) in [6.45, 7) is 0.521. The lowest BCUT2D eigenvalue weighted by Crippen LogP contribution is -2.44. The maximum absolute atomic E-state index is 10.7. The third-order valence-electron chi connectivity index (χ3n) is 2.31. The van der Waals surface area contributed by atoms with Crippen molar-refractivity contribution in [2.45, 2.75) is 31.7 Å². The van der Waals surface area contributed by atoms with Crippen molar-refractivity contribution >= 4 is 12.0 Å². The number of nitrogens with two attached hydrogens (primary N) is 1. The zero-order valence-electron chi connectivity index (χ0n) is 7.40. The minimum absolute atomic E-state index is 0.145. The van der Waals surface area contributed by atoms with Crippen LogP contribution in [0.5, 0.6) is 0 Å². The highest BCUT2D eigenvalue weighted by Gasteiger charge is 2.27. The molecule has 2 amide bonds. The molecule has 3 N–H and O–H groups in total. The van der Waals surface area contributed by atoms with Gasteiger partial charge in [0.2, 0.25) is 5.91 Å². The Labute approximate surface area is 76.5 Å². The molecule has 0 unspecified atom stereocenters. The van der Waals surface area contributed by atoms with Crippen molar-refractivity contribution in [3.8, 4) is 0 Å². The van der Waals surface area contributed by atoms with Gasteiger partial charge in [-0.05, 0) is 19.3 Å². The molecular weight excluding hydrogens is 172 g/mol. The predicted octanol–water partition coefficient (Wildman–Crippen LogP) is 0.394. The molecule has 0 aliphatic carbocycles. The first-order valence-corrected chi connectivity index (χ1v) is 4.39. The highest BCUT2D eigenvalue weighted by molar-refractivity contribution is 5.75. The molecule has 0 bridgehead atoms. The number of amides is 2. The topological polar surface area (TPSA) is 83.6 Å². The summed E-state index contributed by atoms with van der Waals surface area (Å²) in [5.41, 5.74) is 5.03. The second kappa shape index (κ2) is 4.11. The van der Waals surface area contributed by atoms with Gasteiger partial charge in [-0.25, -0.2) is 4.79 Å². The summed E-state index contributed by atoms with van der Waals surface area (Å²) in [6, 6.07) is -0.205. The summed E-state index contributed by atoms with van der Waals surface area (Å²) >= 11 is 0. The summed E-state index contributed by atoms with van der Waals surface area (Å²) in [7, 11) is 0. The van der Waals surface area contributed by atoms with Crippen LogP contribution < -0.4 is 5.73 Å². The summed E-state index contributed by atoms with van der Waals surface area (Å²) in [5, 5.41) is 8.80. The van der Waals surface area contributed by atoms with Gasteiger partial charge in [0.1, 0.15) is 0 Å². The lowest BCUT2D eigenvalue weighted by Gasteiger charge is -2.32. The lowest BCUT2D eigenvalue weighted by atomic mass is 10.00. The average Bonchev–Trinajstić information content (AvgIpc) is 2.03. The molecule has 0 spiro atoms. The zero-order valence-corrected chi connectivity index (χ0v) is 7.40. The molecule has 0 aromatic carbocycles. The molecule has 1 aliphatic rings. The summed E-state index contributed by atoms with van der Waals surface area (Å²) in [5.74, 6) is -0.432. The van der Waals surface area contributed by atoms with E-state index in [0.29, 0.717) is 6.54 Å². The molecule has 74 valence electrons. The molecule has 0 radical (unpaired) electrons. The van der Waals surface area contributed by atoms with Crippen molar-refractivity contribution in [2.75, 3.05) is 6.54 Å². The van der Waals surface area contributed by atoms with E-state index < -0.39 is 12.0 Å². The van der Waals surface area contributed by atoms with Gasteiger partial charge in [-0.15, -0.1) is 0 Å². The maximum Gasteiger partial charge on any atom is 0.407 e. The molecule has 13 heavy (non-hydrogen) atoms. The van der Waals surface area contributed by atoms with Crippen LogP contribution >= 0.6 is 0 Å². The van der Waals surface area contributed by atoms with Gasteiger partial charge >= 0.3 is 6.09 Å². The Morgan fingerprint density at radius 2 is 2.15 bits per heavy atom. The van der Waals surface area contributed by atoms with Crippen molar-refractivity contribution in [3.05, 3.63) is 0 Å². The monoisotopic (exact) mass is 186 g/mol. The van der Waals surface area contributed by atoms with E-state index >= 15 is 0 Å². The lowest BCUT2D eigenvalue weighted by molar-refractivity contribution is -0.119. The van der Waals surface area contributed by atoms with Gasteiger partial charge in [0.25, 0.3) is 0 Å². The number of piperidine rings is 1. The molecule has 5 heteroatoms. The Bertz CT molecular complexity index is 217. The number of hydrogen-bond acceptors (Lipinski definition) is 2. The van der Waals surface area contributed by atoms with Crippen molar-refractivity contribution in [3.63, 3.8) is 0 Å². The molecule has 0 saturated carbocycles. The van der Waals surface area contributed by atoms with E-state index in [1.54, 1.807) is 0 Å². The van der Waals surface area contributed by atoms with E-state index in [2.05, 4.69) is 0 Å². The summed E-state index contributed by atoms with van der Waals surface area (Å²) in [4.78, 5) is 22.7. The Kier molecular flexibility index (Phi) is 3.11. The van der Waals surface area contributed by atoms with E-state index in [1.807, 2.05) is 0 Å². The fourth-order valence-electron chi connectivity index (χ4n) is 1.70. The van der Waals surface area contributed by atoms with Crippen LogP contribution in [0.2, 0.25) is 0 Å². The quantitative estimate of drug-likeness (QED) is 0.654. The number of carbonyl (C=O) groups excluding carboxylic acids is 1. The molecular formula is C8H14N2O3. The van der Waals surface area contributed by atoms with Crippen LogP contribution in [0, 0.1) is 0 Å². The Hall–Kier alpha value is -1.26. The first-order valence-electron chi connectivity index (χ1n) is 4.39. The number of nitrogens with zero attached hydrogens (tertiary/aromatic N) is 1. The average molecular weight is 186 g/mol. The molecule has 1 rings (SSSR count). The number of likely N-dealkylation sites (tertiary alicyclic amines) is 1. The maximum atomic E-state index is 10.7. The zero-order chi connectivity index (χ0) is 9.84. The van der Waals surface area contributed by atoms with Gasteiger partial charge in [0.15, 0.2) is 0 Å². The van der Waals surface area contributed by atoms with Gasteiger partial charge in [0, 0.05) is 19.0 Å². The molecule has 5 nitrogen and oxygen atoms in total. The first-order chi connectivity index (χ1) is 6.11. The molecule has 0 aromatic heterocycles. The number of hydrogen-bond donors (Lipinski definition) is 2. The van der Waals surface area contributed by atoms with Crippen molar-refractivity contribution in [2.24, 2.45) is 5.73 Å². The fraction of sp³-hybridized carbons (Fsp3) is 0.750. The van der Waals surface area contributed by atoms with E-state index in [-0.39, 0.29) is 12.5 Å². The highest BCUT2D eigenvalue weighted by Crippen LogP contribution is 2.19. The molecule has 1 saturated heterocycles. The van der Waals surface area contributed by atoms with Crippen LogP contribution in [-0.4, -0.2) is 34.6 Å². The number of rotatable bonds is 2. The normalized spacial score (nSPS) is 22.8. The second-order valence-corrected chi connectivity index (χ2v) is 3.30. The number of primary amides is 1. The van der Waals surface area contributed by atoms with E-state index in [9.17, 15) is 9.59 Å². The smallest absolute Gasteiger partial charge is 0.407 e. The van der Waals surface area contributed by atoms with E-state index in [1.165, 1.54) is 4.90 Å². The van der Waals surface area contributed by atoms with Crippen LogP contribution in [-0.2, 0) is 4.79 Å². The van der Waals surface area contributed by atoms with Crippen LogP contribution in [0.1, 0.15) is 25.7 Å². The standard InChI is InChI=1S/C8H14N2O3/c9-7(11)5-6-3-1-2-4-10(6)8(12)13/h6H,1-5H2,(H2,9,11)(H,12,13)/t6-/m0/s1. The summed E-state index contributed by atoms with van der Waals surface area (Å²) < 4.78 is 0. The Morgan fingerprint density at radius 1 is 1.46 bits per heavy atom.